The first-order chi connectivity index (χ1) is 7.61. The molecule has 0 radical (unpaired) electrons. The van der Waals surface area contributed by atoms with Gasteiger partial charge >= 0.3 is 0 Å². The molecule has 0 aromatic heterocycles. The number of hydrogen-bond acceptors (Lipinski definition) is 4. The Hall–Kier alpha value is -0.650. The Morgan fingerprint density at radius 3 is 3.06 bits per heavy atom. The molecule has 1 rings (SSSR count). The SMILES string of the molecule is COCCN1CCC(NC(=O)CC(C)N)C1. The van der Waals surface area contributed by atoms with Gasteiger partial charge in [0.05, 0.1) is 6.61 Å². The van der Waals surface area contributed by atoms with E-state index in [1.807, 2.05) is 6.92 Å². The average Bonchev–Trinajstić information content (AvgIpc) is 2.61. The van der Waals surface area contributed by atoms with Gasteiger partial charge in [-0.1, -0.05) is 0 Å². The van der Waals surface area contributed by atoms with E-state index in [0.717, 1.165) is 32.7 Å². The second-order valence-electron chi connectivity index (χ2n) is 4.53. The molecule has 16 heavy (non-hydrogen) atoms. The van der Waals surface area contributed by atoms with E-state index < -0.39 is 0 Å². The van der Waals surface area contributed by atoms with Crippen LogP contribution >= 0.6 is 0 Å². The van der Waals surface area contributed by atoms with Crippen LogP contribution in [0.25, 0.3) is 0 Å². The average molecular weight is 229 g/mol. The third-order valence-corrected chi connectivity index (χ3v) is 2.76. The van der Waals surface area contributed by atoms with E-state index >= 15 is 0 Å². The van der Waals surface area contributed by atoms with Crippen LogP contribution in [0.1, 0.15) is 19.8 Å². The van der Waals surface area contributed by atoms with E-state index in [1.54, 1.807) is 7.11 Å². The Kier molecular flexibility index (Phi) is 5.73. The summed E-state index contributed by atoms with van der Waals surface area (Å²) >= 11 is 0. The number of amides is 1. The molecule has 1 saturated heterocycles. The summed E-state index contributed by atoms with van der Waals surface area (Å²) in [5.74, 6) is 0.0635. The van der Waals surface area contributed by atoms with Crippen LogP contribution in [-0.2, 0) is 9.53 Å². The van der Waals surface area contributed by atoms with Crippen LogP contribution in [0.3, 0.4) is 0 Å². The molecule has 0 aromatic rings. The molecule has 1 aliphatic heterocycles. The van der Waals surface area contributed by atoms with Gasteiger partial charge < -0.3 is 15.8 Å². The number of methoxy groups -OCH3 is 1. The highest BCUT2D eigenvalue weighted by Gasteiger charge is 2.23. The Balaban J connectivity index is 2.18. The minimum atomic E-state index is -0.0639. The first-order valence-corrected chi connectivity index (χ1v) is 5.88. The topological polar surface area (TPSA) is 67.6 Å². The molecule has 0 spiro atoms. The van der Waals surface area contributed by atoms with Crippen molar-refractivity contribution in [3.05, 3.63) is 0 Å². The van der Waals surface area contributed by atoms with Gasteiger partial charge in [0.25, 0.3) is 0 Å². The number of hydrogen-bond donors (Lipinski definition) is 2. The van der Waals surface area contributed by atoms with Gasteiger partial charge in [-0.3, -0.25) is 9.69 Å². The van der Waals surface area contributed by atoms with Crippen molar-refractivity contribution in [3.63, 3.8) is 0 Å². The molecule has 0 saturated carbocycles. The number of nitrogens with two attached hydrogens (primary N) is 1. The fraction of sp³-hybridized carbons (Fsp3) is 0.909. The maximum atomic E-state index is 11.5. The first-order valence-electron chi connectivity index (χ1n) is 5.88. The van der Waals surface area contributed by atoms with E-state index in [0.29, 0.717) is 6.42 Å². The normalized spacial score (nSPS) is 23.3. The maximum absolute atomic E-state index is 11.5. The van der Waals surface area contributed by atoms with E-state index in [9.17, 15) is 4.79 Å². The van der Waals surface area contributed by atoms with Gasteiger partial charge in [0.15, 0.2) is 0 Å². The summed E-state index contributed by atoms with van der Waals surface area (Å²) in [7, 11) is 1.71. The summed E-state index contributed by atoms with van der Waals surface area (Å²) in [4.78, 5) is 13.8. The molecule has 3 N–H and O–H groups in total. The van der Waals surface area contributed by atoms with Crippen molar-refractivity contribution < 1.29 is 9.53 Å². The number of carbonyl (C=O) groups excluding carboxylic acids is 1. The Morgan fingerprint density at radius 1 is 1.69 bits per heavy atom. The van der Waals surface area contributed by atoms with Gasteiger partial charge in [-0.2, -0.15) is 0 Å². The number of likely N-dealkylation sites (tertiary alicyclic amines) is 1. The lowest BCUT2D eigenvalue weighted by Crippen LogP contribution is -2.39. The van der Waals surface area contributed by atoms with E-state index in [-0.39, 0.29) is 18.0 Å². The van der Waals surface area contributed by atoms with Gasteiger partial charge in [-0.15, -0.1) is 0 Å². The Morgan fingerprint density at radius 2 is 2.44 bits per heavy atom. The van der Waals surface area contributed by atoms with Crippen molar-refractivity contribution in [2.75, 3.05) is 33.4 Å². The molecule has 5 heteroatoms. The number of carbonyl (C=O) groups is 1. The zero-order chi connectivity index (χ0) is 12.0. The highest BCUT2D eigenvalue weighted by atomic mass is 16.5. The van der Waals surface area contributed by atoms with Gasteiger partial charge in [0.1, 0.15) is 0 Å². The van der Waals surface area contributed by atoms with Crippen LogP contribution in [0, 0.1) is 0 Å². The zero-order valence-corrected chi connectivity index (χ0v) is 10.2. The highest BCUT2D eigenvalue weighted by Crippen LogP contribution is 2.08. The van der Waals surface area contributed by atoms with Gasteiger partial charge in [-0.05, 0) is 13.3 Å². The van der Waals surface area contributed by atoms with Gasteiger partial charge in [0, 0.05) is 45.2 Å². The predicted molar refractivity (Wildman–Crippen MR) is 63.1 cm³/mol. The van der Waals surface area contributed by atoms with E-state index in [2.05, 4.69) is 10.2 Å². The zero-order valence-electron chi connectivity index (χ0n) is 10.2. The molecule has 1 fully saturated rings. The minimum Gasteiger partial charge on any atom is -0.383 e. The molecule has 94 valence electrons. The second-order valence-corrected chi connectivity index (χ2v) is 4.53. The standard InChI is InChI=1S/C11H23N3O2/c1-9(12)7-11(15)13-10-3-4-14(8-10)5-6-16-2/h9-10H,3-8,12H2,1-2H3,(H,13,15). The molecule has 1 aliphatic rings. The number of ether oxygens (including phenoxy) is 1. The second kappa shape index (κ2) is 6.83. The van der Waals surface area contributed by atoms with Gasteiger partial charge in [-0.25, -0.2) is 0 Å². The van der Waals surface area contributed by atoms with Crippen LogP contribution in [0.2, 0.25) is 0 Å². The molecular formula is C11H23N3O2. The fourth-order valence-corrected chi connectivity index (χ4v) is 1.95. The highest BCUT2D eigenvalue weighted by molar-refractivity contribution is 5.76. The molecule has 2 atom stereocenters. The molecule has 0 aromatic carbocycles. The number of nitrogens with one attached hydrogen (secondary N) is 1. The third-order valence-electron chi connectivity index (χ3n) is 2.76. The predicted octanol–water partition coefficient (Wildman–Crippen LogP) is -0.439. The molecule has 2 unspecified atom stereocenters. The maximum Gasteiger partial charge on any atom is 0.221 e. The lowest BCUT2D eigenvalue weighted by Gasteiger charge is -2.16. The lowest BCUT2D eigenvalue weighted by atomic mass is 10.2. The number of rotatable bonds is 6. The van der Waals surface area contributed by atoms with Crippen LogP contribution in [0.15, 0.2) is 0 Å². The van der Waals surface area contributed by atoms with Crippen molar-refractivity contribution >= 4 is 5.91 Å². The van der Waals surface area contributed by atoms with Crippen LogP contribution in [-0.4, -0.2) is 56.2 Å². The van der Waals surface area contributed by atoms with Crippen LogP contribution in [0.4, 0.5) is 0 Å². The molecule has 1 amide bonds. The van der Waals surface area contributed by atoms with Crippen molar-refractivity contribution in [3.8, 4) is 0 Å². The molecule has 1 heterocycles. The quantitative estimate of drug-likeness (QED) is 0.648. The third kappa shape index (κ3) is 4.92. The van der Waals surface area contributed by atoms with Crippen molar-refractivity contribution in [2.45, 2.75) is 31.8 Å². The van der Waals surface area contributed by atoms with Crippen molar-refractivity contribution in [2.24, 2.45) is 5.73 Å². The minimum absolute atomic E-state index is 0.0635. The van der Waals surface area contributed by atoms with Crippen LogP contribution < -0.4 is 11.1 Å². The monoisotopic (exact) mass is 229 g/mol. The van der Waals surface area contributed by atoms with Crippen molar-refractivity contribution in [1.29, 1.82) is 0 Å². The van der Waals surface area contributed by atoms with Crippen LogP contribution in [0.5, 0.6) is 0 Å². The number of nitrogens with zero attached hydrogens (tertiary/aromatic N) is 1. The first kappa shape index (κ1) is 13.4. The largest absolute Gasteiger partial charge is 0.383 e. The van der Waals surface area contributed by atoms with Crippen molar-refractivity contribution in [1.82, 2.24) is 10.2 Å². The summed E-state index contributed by atoms with van der Waals surface area (Å²) in [6.45, 7) is 5.50. The lowest BCUT2D eigenvalue weighted by molar-refractivity contribution is -0.121. The smallest absolute Gasteiger partial charge is 0.221 e. The molecular weight excluding hydrogens is 206 g/mol. The Bertz CT molecular complexity index is 221. The summed E-state index contributed by atoms with van der Waals surface area (Å²) in [5.41, 5.74) is 5.57. The molecule has 0 aliphatic carbocycles. The Labute approximate surface area is 97.3 Å². The fourth-order valence-electron chi connectivity index (χ4n) is 1.95. The summed E-state index contributed by atoms with van der Waals surface area (Å²) < 4.78 is 5.03. The molecule has 0 bridgehead atoms. The van der Waals surface area contributed by atoms with E-state index in [1.165, 1.54) is 0 Å². The van der Waals surface area contributed by atoms with Gasteiger partial charge in [0.2, 0.25) is 5.91 Å². The summed E-state index contributed by atoms with van der Waals surface area (Å²) in [6.07, 6.45) is 1.43. The summed E-state index contributed by atoms with van der Waals surface area (Å²) in [5, 5.41) is 3.02. The van der Waals surface area contributed by atoms with E-state index in [4.69, 9.17) is 10.5 Å². The summed E-state index contributed by atoms with van der Waals surface area (Å²) in [6, 6.07) is 0.217. The molecule has 5 nitrogen and oxygen atoms in total.